The van der Waals surface area contributed by atoms with Gasteiger partial charge < -0.3 is 24.8 Å². The third-order valence-electron chi connectivity index (χ3n) is 6.55. The van der Waals surface area contributed by atoms with Gasteiger partial charge in [0.05, 0.1) is 24.3 Å². The Morgan fingerprint density at radius 1 is 1.16 bits per heavy atom. The van der Waals surface area contributed by atoms with E-state index < -0.39 is 30.0 Å². The zero-order valence-corrected chi connectivity index (χ0v) is 17.9. The van der Waals surface area contributed by atoms with Gasteiger partial charge in [0.2, 0.25) is 5.91 Å². The Balaban J connectivity index is 1.24. The van der Waals surface area contributed by atoms with Crippen molar-refractivity contribution < 1.29 is 32.5 Å². The van der Waals surface area contributed by atoms with Crippen molar-refractivity contribution in [3.63, 3.8) is 0 Å². The number of hydrogen-bond acceptors (Lipinski definition) is 6. The predicted molar refractivity (Wildman–Crippen MR) is 111 cm³/mol. The highest BCUT2D eigenvalue weighted by Crippen LogP contribution is 2.32. The second-order valence-electron chi connectivity index (χ2n) is 8.70. The number of carbonyl (C=O) groups excluding carboxylic acids is 1. The number of nitrogens with one attached hydrogen (secondary N) is 1. The molecule has 3 atom stereocenters. The van der Waals surface area contributed by atoms with Gasteiger partial charge in [-0.25, -0.2) is 0 Å². The maximum atomic E-state index is 13.0. The van der Waals surface area contributed by atoms with Crippen LogP contribution in [0, 0.1) is 5.92 Å². The highest BCUT2D eigenvalue weighted by molar-refractivity contribution is 5.79. The number of alkyl halides is 3. The summed E-state index contributed by atoms with van der Waals surface area (Å²) in [5.74, 6) is -0.143. The summed E-state index contributed by atoms with van der Waals surface area (Å²) in [4.78, 5) is 16.5. The number of carbonyl (C=O) groups is 1. The summed E-state index contributed by atoms with van der Waals surface area (Å²) < 4.78 is 50.0. The smallest absolute Gasteiger partial charge is 0.388 e. The number of nitrogens with zero attached hydrogens (tertiary/aromatic N) is 2. The van der Waals surface area contributed by atoms with Crippen molar-refractivity contribution in [3.05, 3.63) is 29.8 Å². The van der Waals surface area contributed by atoms with Gasteiger partial charge in [-0.3, -0.25) is 9.69 Å². The first-order valence-corrected chi connectivity index (χ1v) is 11.1. The Morgan fingerprint density at radius 3 is 2.56 bits per heavy atom. The summed E-state index contributed by atoms with van der Waals surface area (Å²) in [5, 5.41) is 13.6. The summed E-state index contributed by atoms with van der Waals surface area (Å²) in [7, 11) is 0. The Labute approximate surface area is 185 Å². The molecule has 0 bridgehead atoms. The van der Waals surface area contributed by atoms with Crippen molar-refractivity contribution in [2.75, 3.05) is 57.4 Å². The van der Waals surface area contributed by atoms with Gasteiger partial charge in [-0.2, -0.15) is 13.2 Å². The number of anilines is 1. The molecule has 7 nitrogen and oxygen atoms in total. The van der Waals surface area contributed by atoms with Gasteiger partial charge in [0, 0.05) is 57.5 Å². The second-order valence-corrected chi connectivity index (χ2v) is 8.70. The minimum Gasteiger partial charge on any atom is -0.388 e. The third-order valence-corrected chi connectivity index (χ3v) is 6.55. The van der Waals surface area contributed by atoms with Gasteiger partial charge in [0.1, 0.15) is 6.10 Å². The molecule has 3 fully saturated rings. The highest BCUT2D eigenvalue weighted by Gasteiger charge is 2.39. The van der Waals surface area contributed by atoms with Crippen molar-refractivity contribution in [1.82, 2.24) is 10.2 Å². The summed E-state index contributed by atoms with van der Waals surface area (Å²) >= 11 is 0. The Bertz CT molecular complexity index is 780. The van der Waals surface area contributed by atoms with Crippen molar-refractivity contribution in [3.8, 4) is 0 Å². The molecule has 4 rings (SSSR count). The molecule has 3 saturated heterocycles. The first-order chi connectivity index (χ1) is 15.3. The molecule has 0 spiro atoms. The molecular formula is C22H30F3N3O4. The minimum absolute atomic E-state index is 0.0590. The average Bonchev–Trinajstić information content (AvgIpc) is 3.13. The van der Waals surface area contributed by atoms with Crippen LogP contribution in [0.25, 0.3) is 0 Å². The van der Waals surface area contributed by atoms with Gasteiger partial charge >= 0.3 is 6.18 Å². The molecule has 1 aromatic carbocycles. The Hall–Kier alpha value is -1.88. The van der Waals surface area contributed by atoms with Crippen LogP contribution in [-0.4, -0.2) is 86.7 Å². The lowest BCUT2D eigenvalue weighted by Gasteiger charge is -2.37. The van der Waals surface area contributed by atoms with E-state index in [1.807, 2.05) is 4.90 Å². The zero-order chi connectivity index (χ0) is 22.7. The van der Waals surface area contributed by atoms with Crippen molar-refractivity contribution >= 4 is 11.6 Å². The van der Waals surface area contributed by atoms with Gasteiger partial charge in [-0.15, -0.1) is 0 Å². The Morgan fingerprint density at radius 2 is 1.88 bits per heavy atom. The van der Waals surface area contributed by atoms with Crippen LogP contribution >= 0.6 is 0 Å². The molecule has 3 heterocycles. The molecule has 0 radical (unpaired) electrons. The molecule has 0 saturated carbocycles. The maximum Gasteiger partial charge on any atom is 0.416 e. The van der Waals surface area contributed by atoms with Gasteiger partial charge in [0.15, 0.2) is 0 Å². The van der Waals surface area contributed by atoms with E-state index in [0.717, 1.165) is 6.07 Å². The van der Waals surface area contributed by atoms with Crippen molar-refractivity contribution in [2.45, 2.75) is 37.3 Å². The van der Waals surface area contributed by atoms with Gasteiger partial charge in [-0.05, 0) is 31.0 Å². The molecule has 0 aromatic heterocycles. The number of halogens is 3. The highest BCUT2D eigenvalue weighted by atomic mass is 19.4. The van der Waals surface area contributed by atoms with E-state index in [4.69, 9.17) is 9.47 Å². The van der Waals surface area contributed by atoms with Crippen LogP contribution in [0.4, 0.5) is 18.9 Å². The zero-order valence-electron chi connectivity index (χ0n) is 17.9. The lowest BCUT2D eigenvalue weighted by atomic mass is 9.98. The first kappa shape index (κ1) is 23.3. The normalized spacial score (nSPS) is 28.1. The lowest BCUT2D eigenvalue weighted by Crippen LogP contribution is -2.52. The van der Waals surface area contributed by atoms with E-state index in [1.165, 1.54) is 12.1 Å². The van der Waals surface area contributed by atoms with E-state index in [1.54, 1.807) is 6.07 Å². The monoisotopic (exact) mass is 457 g/mol. The fraction of sp³-hybridized carbons (Fsp3) is 0.682. The quantitative estimate of drug-likeness (QED) is 0.698. The molecule has 10 heteroatoms. The van der Waals surface area contributed by atoms with Gasteiger partial charge in [-0.1, -0.05) is 6.07 Å². The predicted octanol–water partition coefficient (Wildman–Crippen LogP) is 1.50. The topological polar surface area (TPSA) is 74.3 Å². The lowest BCUT2D eigenvalue weighted by molar-refractivity contribution is -0.137. The summed E-state index contributed by atoms with van der Waals surface area (Å²) in [5.41, 5.74) is -0.0822. The fourth-order valence-corrected chi connectivity index (χ4v) is 4.55. The van der Waals surface area contributed by atoms with Crippen LogP contribution < -0.4 is 10.2 Å². The third kappa shape index (κ3) is 5.54. The number of amides is 1. The number of benzene rings is 1. The maximum absolute atomic E-state index is 13.0. The number of rotatable bonds is 5. The molecule has 1 aromatic rings. The number of ether oxygens (including phenoxy) is 2. The summed E-state index contributed by atoms with van der Waals surface area (Å²) in [6.45, 7) is 4.44. The van der Waals surface area contributed by atoms with E-state index in [2.05, 4.69) is 10.2 Å². The number of hydrogen-bond donors (Lipinski definition) is 2. The minimum atomic E-state index is -4.36. The number of aliphatic hydroxyl groups excluding tert-OH is 1. The first-order valence-electron chi connectivity index (χ1n) is 11.1. The van der Waals surface area contributed by atoms with Crippen LogP contribution in [0.2, 0.25) is 0 Å². The SMILES string of the molecule is O=C(N[C@H]1CO[C@@H](CN2CCN(c3cccc(C(F)(F)F)c3)CC2)[C@@H]1O)C1CCOCC1. The molecule has 32 heavy (non-hydrogen) atoms. The van der Waals surface area contributed by atoms with Crippen molar-refractivity contribution in [1.29, 1.82) is 0 Å². The molecule has 3 aliphatic rings. The van der Waals surface area contributed by atoms with Crippen LogP contribution in [0.5, 0.6) is 0 Å². The van der Waals surface area contributed by atoms with E-state index >= 15 is 0 Å². The van der Waals surface area contributed by atoms with E-state index in [0.29, 0.717) is 64.5 Å². The fourth-order valence-electron chi connectivity index (χ4n) is 4.55. The van der Waals surface area contributed by atoms with Gasteiger partial charge in [0.25, 0.3) is 0 Å². The number of aliphatic hydroxyl groups is 1. The van der Waals surface area contributed by atoms with Crippen LogP contribution in [0.1, 0.15) is 18.4 Å². The van der Waals surface area contributed by atoms with Crippen LogP contribution in [0.3, 0.4) is 0 Å². The molecule has 0 aliphatic carbocycles. The van der Waals surface area contributed by atoms with Crippen LogP contribution in [-0.2, 0) is 20.4 Å². The molecule has 1 amide bonds. The molecular weight excluding hydrogens is 427 g/mol. The van der Waals surface area contributed by atoms with Crippen molar-refractivity contribution in [2.24, 2.45) is 5.92 Å². The molecule has 3 aliphatic heterocycles. The Kier molecular flexibility index (Phi) is 7.24. The van der Waals surface area contributed by atoms with E-state index in [-0.39, 0.29) is 18.4 Å². The largest absolute Gasteiger partial charge is 0.416 e. The summed E-state index contributed by atoms with van der Waals surface area (Å²) in [6.07, 6.45) is -4.18. The van der Waals surface area contributed by atoms with E-state index in [9.17, 15) is 23.1 Å². The molecule has 2 N–H and O–H groups in total. The summed E-state index contributed by atoms with van der Waals surface area (Å²) in [6, 6.07) is 4.96. The average molecular weight is 457 g/mol. The standard InChI is InChI=1S/C22H30F3N3O4/c23-22(24,25)16-2-1-3-17(12-16)28-8-6-27(7-9-28)13-19-20(29)18(14-32-19)26-21(30)15-4-10-31-11-5-15/h1-3,12,15,18-20,29H,4-11,13-14H2,(H,26,30)/t18-,19-,20+/m0/s1. The molecule has 0 unspecified atom stereocenters. The van der Waals surface area contributed by atoms with Crippen LogP contribution in [0.15, 0.2) is 24.3 Å². The molecule has 178 valence electrons. The number of piperazine rings is 1. The second kappa shape index (κ2) is 9.94.